The quantitative estimate of drug-likeness (QED) is 0.417. The van der Waals surface area contributed by atoms with Crippen molar-refractivity contribution in [1.82, 2.24) is 9.88 Å². The van der Waals surface area contributed by atoms with Crippen LogP contribution in [0, 0.1) is 18.3 Å². The van der Waals surface area contributed by atoms with Crippen molar-refractivity contribution in [2.75, 3.05) is 13.2 Å². The summed E-state index contributed by atoms with van der Waals surface area (Å²) in [5.74, 6) is 0.649. The topological polar surface area (TPSA) is 75.5 Å². The second-order valence-corrected chi connectivity index (χ2v) is 8.01. The third kappa shape index (κ3) is 6.08. The third-order valence-electron chi connectivity index (χ3n) is 4.85. The van der Waals surface area contributed by atoms with Gasteiger partial charge >= 0.3 is 0 Å². The fourth-order valence-corrected chi connectivity index (χ4v) is 3.75. The molecule has 32 heavy (non-hydrogen) atoms. The van der Waals surface area contributed by atoms with Gasteiger partial charge in [0.2, 0.25) is 0 Å². The van der Waals surface area contributed by atoms with Gasteiger partial charge in [-0.3, -0.25) is 9.78 Å². The number of halogens is 1. The number of hydrogen-bond donors (Lipinski definition) is 0. The SMILES string of the molecule is CCOc1cc(C#N)cc(Br)c1OCC(=O)N(Cc1cccnc1)Cc1ccccc1C. The first-order valence-electron chi connectivity index (χ1n) is 10.2. The Labute approximate surface area is 196 Å². The van der Waals surface area contributed by atoms with Crippen LogP contribution in [0.4, 0.5) is 0 Å². The van der Waals surface area contributed by atoms with Crippen molar-refractivity contribution in [3.63, 3.8) is 0 Å². The number of ether oxygens (including phenoxy) is 2. The Morgan fingerprint density at radius 2 is 1.97 bits per heavy atom. The van der Waals surface area contributed by atoms with Crippen molar-refractivity contribution < 1.29 is 14.3 Å². The lowest BCUT2D eigenvalue weighted by Gasteiger charge is -2.24. The summed E-state index contributed by atoms with van der Waals surface area (Å²) in [4.78, 5) is 19.1. The summed E-state index contributed by atoms with van der Waals surface area (Å²) in [6, 6.07) is 17.1. The summed E-state index contributed by atoms with van der Waals surface area (Å²) in [6.07, 6.45) is 3.46. The van der Waals surface area contributed by atoms with Crippen LogP contribution in [0.1, 0.15) is 29.2 Å². The summed E-state index contributed by atoms with van der Waals surface area (Å²) in [6.45, 7) is 4.98. The zero-order chi connectivity index (χ0) is 22.9. The van der Waals surface area contributed by atoms with E-state index in [2.05, 4.69) is 27.0 Å². The van der Waals surface area contributed by atoms with Gasteiger partial charge in [0.25, 0.3) is 5.91 Å². The first kappa shape index (κ1) is 23.3. The van der Waals surface area contributed by atoms with Crippen LogP contribution in [0.25, 0.3) is 0 Å². The molecule has 0 unspecified atom stereocenters. The van der Waals surface area contributed by atoms with Crippen molar-refractivity contribution >= 4 is 21.8 Å². The van der Waals surface area contributed by atoms with Crippen LogP contribution in [-0.4, -0.2) is 29.0 Å². The number of benzene rings is 2. The Balaban J connectivity index is 1.81. The number of amides is 1. The summed E-state index contributed by atoms with van der Waals surface area (Å²) < 4.78 is 12.1. The van der Waals surface area contributed by atoms with E-state index in [0.717, 1.165) is 16.7 Å². The smallest absolute Gasteiger partial charge is 0.261 e. The molecule has 3 rings (SSSR count). The molecule has 0 aliphatic rings. The summed E-state index contributed by atoms with van der Waals surface area (Å²) in [5, 5.41) is 9.21. The second kappa shape index (κ2) is 11.3. The molecule has 164 valence electrons. The molecule has 1 amide bonds. The molecule has 0 saturated heterocycles. The molecule has 0 N–H and O–H groups in total. The van der Waals surface area contributed by atoms with Gasteiger partial charge in [0.15, 0.2) is 18.1 Å². The molecule has 0 spiro atoms. The van der Waals surface area contributed by atoms with E-state index in [1.807, 2.05) is 50.2 Å². The van der Waals surface area contributed by atoms with Gasteiger partial charge in [-0.2, -0.15) is 5.26 Å². The third-order valence-corrected chi connectivity index (χ3v) is 5.44. The van der Waals surface area contributed by atoms with Gasteiger partial charge in [0, 0.05) is 31.5 Å². The van der Waals surface area contributed by atoms with Gasteiger partial charge in [-0.1, -0.05) is 30.3 Å². The van der Waals surface area contributed by atoms with Gasteiger partial charge < -0.3 is 14.4 Å². The van der Waals surface area contributed by atoms with E-state index in [1.54, 1.807) is 29.4 Å². The van der Waals surface area contributed by atoms with Crippen molar-refractivity contribution in [2.45, 2.75) is 26.9 Å². The van der Waals surface area contributed by atoms with Crippen LogP contribution >= 0.6 is 15.9 Å². The maximum absolute atomic E-state index is 13.2. The number of aryl methyl sites for hydroxylation is 1. The van der Waals surface area contributed by atoms with Crippen molar-refractivity contribution in [3.05, 3.63) is 87.7 Å². The zero-order valence-electron chi connectivity index (χ0n) is 18.0. The monoisotopic (exact) mass is 493 g/mol. The molecule has 2 aromatic carbocycles. The van der Waals surface area contributed by atoms with Gasteiger partial charge in [0.05, 0.1) is 22.7 Å². The lowest BCUT2D eigenvalue weighted by Crippen LogP contribution is -2.34. The van der Waals surface area contributed by atoms with Crippen molar-refractivity contribution in [2.24, 2.45) is 0 Å². The van der Waals surface area contributed by atoms with Gasteiger partial charge in [-0.25, -0.2) is 0 Å². The number of carbonyl (C=O) groups is 1. The fraction of sp³-hybridized carbons (Fsp3) is 0.240. The molecule has 0 saturated carbocycles. The number of aromatic nitrogens is 1. The maximum Gasteiger partial charge on any atom is 0.261 e. The van der Waals surface area contributed by atoms with Crippen LogP contribution in [-0.2, 0) is 17.9 Å². The fourth-order valence-electron chi connectivity index (χ4n) is 3.20. The molecule has 3 aromatic rings. The highest BCUT2D eigenvalue weighted by molar-refractivity contribution is 9.10. The van der Waals surface area contributed by atoms with Crippen molar-refractivity contribution in [1.29, 1.82) is 5.26 Å². The van der Waals surface area contributed by atoms with Gasteiger partial charge in [-0.15, -0.1) is 0 Å². The molecule has 6 nitrogen and oxygen atoms in total. The molecule has 0 atom stereocenters. The number of rotatable bonds is 9. The Kier molecular flexibility index (Phi) is 8.23. The molecular formula is C25H24BrN3O3. The molecule has 1 heterocycles. The molecule has 0 radical (unpaired) electrons. The average Bonchev–Trinajstić information content (AvgIpc) is 2.80. The van der Waals surface area contributed by atoms with Crippen LogP contribution < -0.4 is 9.47 Å². The predicted octanol–water partition coefficient (Wildman–Crippen LogP) is 5.03. The molecular weight excluding hydrogens is 470 g/mol. The van der Waals surface area contributed by atoms with Gasteiger partial charge in [-0.05, 0) is 58.6 Å². The molecule has 0 aliphatic carbocycles. The molecule has 0 fully saturated rings. The number of hydrogen-bond acceptors (Lipinski definition) is 5. The van der Waals surface area contributed by atoms with E-state index >= 15 is 0 Å². The minimum absolute atomic E-state index is 0.170. The number of nitrogens with zero attached hydrogens (tertiary/aromatic N) is 3. The van der Waals surface area contributed by atoms with Crippen LogP contribution in [0.5, 0.6) is 11.5 Å². The Morgan fingerprint density at radius 3 is 2.66 bits per heavy atom. The molecule has 1 aromatic heterocycles. The Hall–Kier alpha value is -3.37. The highest BCUT2D eigenvalue weighted by atomic mass is 79.9. The Bertz CT molecular complexity index is 1110. The minimum atomic E-state index is -0.171. The summed E-state index contributed by atoms with van der Waals surface area (Å²) >= 11 is 3.42. The second-order valence-electron chi connectivity index (χ2n) is 7.16. The number of carbonyl (C=O) groups excluding carboxylic acids is 1. The highest BCUT2D eigenvalue weighted by Gasteiger charge is 2.19. The standard InChI is InChI=1S/C25H24BrN3O3/c1-3-31-23-12-20(13-27)11-22(26)25(23)32-17-24(30)29(15-19-8-6-10-28-14-19)16-21-9-5-4-7-18(21)2/h4-12,14H,3,15-17H2,1-2H3. The largest absolute Gasteiger partial charge is 0.490 e. The van der Waals surface area contributed by atoms with E-state index in [9.17, 15) is 10.1 Å². The Morgan fingerprint density at radius 1 is 1.16 bits per heavy atom. The number of nitriles is 1. The highest BCUT2D eigenvalue weighted by Crippen LogP contribution is 2.36. The minimum Gasteiger partial charge on any atom is -0.490 e. The number of pyridine rings is 1. The lowest BCUT2D eigenvalue weighted by molar-refractivity contribution is -0.134. The average molecular weight is 494 g/mol. The molecule has 7 heteroatoms. The lowest BCUT2D eigenvalue weighted by atomic mass is 10.1. The van der Waals surface area contributed by atoms with E-state index in [-0.39, 0.29) is 12.5 Å². The van der Waals surface area contributed by atoms with Gasteiger partial charge in [0.1, 0.15) is 0 Å². The zero-order valence-corrected chi connectivity index (χ0v) is 19.6. The summed E-state index contributed by atoms with van der Waals surface area (Å²) in [7, 11) is 0. The van der Waals surface area contributed by atoms with E-state index in [4.69, 9.17) is 9.47 Å². The maximum atomic E-state index is 13.2. The van der Waals surface area contributed by atoms with Crippen LogP contribution in [0.15, 0.2) is 65.4 Å². The van der Waals surface area contributed by atoms with Crippen molar-refractivity contribution in [3.8, 4) is 17.6 Å². The van der Waals surface area contributed by atoms with E-state index in [1.165, 1.54) is 0 Å². The molecule has 0 bridgehead atoms. The van der Waals surface area contributed by atoms with Crippen LogP contribution in [0.2, 0.25) is 0 Å². The predicted molar refractivity (Wildman–Crippen MR) is 125 cm³/mol. The summed E-state index contributed by atoms with van der Waals surface area (Å²) in [5.41, 5.74) is 3.56. The van der Waals surface area contributed by atoms with Crippen LogP contribution in [0.3, 0.4) is 0 Å². The van der Waals surface area contributed by atoms with E-state index < -0.39 is 0 Å². The normalized spacial score (nSPS) is 10.3. The molecule has 0 aliphatic heterocycles. The van der Waals surface area contributed by atoms with E-state index in [0.29, 0.717) is 41.2 Å². The first-order valence-corrected chi connectivity index (χ1v) is 11.0. The first-order chi connectivity index (χ1) is 15.5.